The van der Waals surface area contributed by atoms with Crippen LogP contribution in [-0.2, 0) is 9.59 Å². The Morgan fingerprint density at radius 2 is 2.09 bits per heavy atom. The SMILES string of the molecule is CCCCNC(CC(=O)Nc1ccc(C)cc1[N+](=O)[O-])C(=O)O. The number of hydrogen-bond acceptors (Lipinski definition) is 5. The van der Waals surface area contributed by atoms with Crippen LogP contribution in [-0.4, -0.2) is 34.5 Å². The van der Waals surface area contributed by atoms with Gasteiger partial charge in [-0.05, 0) is 31.5 Å². The number of amides is 1. The Balaban J connectivity index is 2.75. The van der Waals surface area contributed by atoms with Crippen molar-refractivity contribution in [1.29, 1.82) is 0 Å². The van der Waals surface area contributed by atoms with Gasteiger partial charge in [-0.1, -0.05) is 19.4 Å². The predicted molar refractivity (Wildman–Crippen MR) is 85.4 cm³/mol. The smallest absolute Gasteiger partial charge is 0.321 e. The number of carbonyl (C=O) groups is 2. The average Bonchev–Trinajstić information content (AvgIpc) is 2.47. The number of benzene rings is 1. The molecule has 1 aromatic carbocycles. The van der Waals surface area contributed by atoms with E-state index in [2.05, 4.69) is 10.6 Å². The molecule has 0 fully saturated rings. The molecule has 0 aromatic heterocycles. The van der Waals surface area contributed by atoms with E-state index in [4.69, 9.17) is 5.11 Å². The molecular weight excluding hydrogens is 302 g/mol. The molecule has 1 amide bonds. The Morgan fingerprint density at radius 3 is 2.65 bits per heavy atom. The molecule has 8 heteroatoms. The Bertz CT molecular complexity index is 588. The molecule has 126 valence electrons. The van der Waals surface area contributed by atoms with Gasteiger partial charge in [-0.25, -0.2) is 0 Å². The largest absolute Gasteiger partial charge is 0.480 e. The van der Waals surface area contributed by atoms with Gasteiger partial charge < -0.3 is 15.7 Å². The van der Waals surface area contributed by atoms with Crippen LogP contribution in [0, 0.1) is 17.0 Å². The fourth-order valence-electron chi connectivity index (χ4n) is 1.98. The number of rotatable bonds is 9. The summed E-state index contributed by atoms with van der Waals surface area (Å²) >= 11 is 0. The molecule has 3 N–H and O–H groups in total. The molecule has 0 radical (unpaired) electrons. The number of nitrogens with one attached hydrogen (secondary N) is 2. The highest BCUT2D eigenvalue weighted by molar-refractivity contribution is 5.95. The average molecular weight is 323 g/mol. The number of anilines is 1. The monoisotopic (exact) mass is 323 g/mol. The summed E-state index contributed by atoms with van der Waals surface area (Å²) in [4.78, 5) is 33.6. The maximum Gasteiger partial charge on any atom is 0.321 e. The lowest BCUT2D eigenvalue weighted by Gasteiger charge is -2.14. The Labute approximate surface area is 134 Å². The third-order valence-corrected chi connectivity index (χ3v) is 3.23. The van der Waals surface area contributed by atoms with Crippen LogP contribution >= 0.6 is 0 Å². The van der Waals surface area contributed by atoms with Crippen LogP contribution in [0.3, 0.4) is 0 Å². The third-order valence-electron chi connectivity index (χ3n) is 3.23. The second-order valence-corrected chi connectivity index (χ2v) is 5.23. The molecule has 0 aliphatic rings. The first-order valence-electron chi connectivity index (χ1n) is 7.36. The zero-order valence-electron chi connectivity index (χ0n) is 13.2. The molecular formula is C15H21N3O5. The van der Waals surface area contributed by atoms with E-state index in [1.54, 1.807) is 13.0 Å². The molecule has 23 heavy (non-hydrogen) atoms. The van der Waals surface area contributed by atoms with Crippen molar-refractivity contribution in [2.24, 2.45) is 0 Å². The van der Waals surface area contributed by atoms with E-state index in [1.807, 2.05) is 6.92 Å². The summed E-state index contributed by atoms with van der Waals surface area (Å²) in [5.41, 5.74) is 0.534. The topological polar surface area (TPSA) is 122 Å². The van der Waals surface area contributed by atoms with Crippen LogP contribution in [0.2, 0.25) is 0 Å². The number of hydrogen-bond donors (Lipinski definition) is 3. The standard InChI is InChI=1S/C15H21N3O5/c1-3-4-7-16-12(15(20)21)9-14(19)17-11-6-5-10(2)8-13(11)18(22)23/h5-6,8,12,16H,3-4,7,9H2,1-2H3,(H,17,19)(H,20,21). The number of carboxylic acid groups (broad SMARTS) is 1. The summed E-state index contributed by atoms with van der Waals surface area (Å²) in [6.07, 6.45) is 1.40. The molecule has 0 bridgehead atoms. The number of aliphatic carboxylic acids is 1. The zero-order chi connectivity index (χ0) is 17.4. The number of nitrogens with zero attached hydrogens (tertiary/aromatic N) is 1. The number of nitro groups is 1. The van der Waals surface area contributed by atoms with Gasteiger partial charge in [-0.2, -0.15) is 0 Å². The minimum atomic E-state index is -1.13. The van der Waals surface area contributed by atoms with Crippen LogP contribution in [0.1, 0.15) is 31.7 Å². The number of carboxylic acids is 1. The normalized spacial score (nSPS) is 11.7. The van der Waals surface area contributed by atoms with E-state index in [9.17, 15) is 19.7 Å². The maximum absolute atomic E-state index is 12.0. The lowest BCUT2D eigenvalue weighted by molar-refractivity contribution is -0.384. The second kappa shape index (κ2) is 8.84. The van der Waals surface area contributed by atoms with Gasteiger partial charge in [0.25, 0.3) is 5.69 Å². The second-order valence-electron chi connectivity index (χ2n) is 5.23. The van der Waals surface area contributed by atoms with Gasteiger partial charge in [-0.15, -0.1) is 0 Å². The third kappa shape index (κ3) is 6.03. The van der Waals surface area contributed by atoms with E-state index < -0.39 is 22.8 Å². The van der Waals surface area contributed by atoms with Gasteiger partial charge in [0.05, 0.1) is 11.3 Å². The van der Waals surface area contributed by atoms with E-state index in [-0.39, 0.29) is 17.8 Å². The predicted octanol–water partition coefficient (Wildman–Crippen LogP) is 2.07. The first kappa shape index (κ1) is 18.6. The minimum absolute atomic E-state index is 0.0586. The Kier molecular flexibility index (Phi) is 7.14. The van der Waals surface area contributed by atoms with Crippen molar-refractivity contribution < 1.29 is 19.6 Å². The maximum atomic E-state index is 12.0. The lowest BCUT2D eigenvalue weighted by atomic mass is 10.1. The van der Waals surface area contributed by atoms with Crippen molar-refractivity contribution in [1.82, 2.24) is 5.32 Å². The highest BCUT2D eigenvalue weighted by atomic mass is 16.6. The number of carbonyl (C=O) groups excluding carboxylic acids is 1. The molecule has 0 saturated carbocycles. The lowest BCUT2D eigenvalue weighted by Crippen LogP contribution is -2.40. The summed E-state index contributed by atoms with van der Waals surface area (Å²) in [5.74, 6) is -1.72. The first-order chi connectivity index (χ1) is 10.8. The summed E-state index contributed by atoms with van der Waals surface area (Å²) in [6.45, 7) is 4.17. The van der Waals surface area contributed by atoms with Crippen molar-refractivity contribution in [3.05, 3.63) is 33.9 Å². The van der Waals surface area contributed by atoms with Gasteiger partial charge in [0.2, 0.25) is 5.91 Å². The van der Waals surface area contributed by atoms with Crippen molar-refractivity contribution in [3.63, 3.8) is 0 Å². The van der Waals surface area contributed by atoms with Gasteiger partial charge in [0.1, 0.15) is 11.7 Å². The molecule has 0 spiro atoms. The number of aryl methyl sites for hydroxylation is 1. The number of unbranched alkanes of at least 4 members (excludes halogenated alkanes) is 1. The molecule has 1 unspecified atom stereocenters. The minimum Gasteiger partial charge on any atom is -0.480 e. The van der Waals surface area contributed by atoms with Crippen molar-refractivity contribution in [2.45, 2.75) is 39.2 Å². The van der Waals surface area contributed by atoms with Crippen LogP contribution in [0.4, 0.5) is 11.4 Å². The molecule has 0 saturated heterocycles. The van der Waals surface area contributed by atoms with Crippen molar-refractivity contribution in [3.8, 4) is 0 Å². The molecule has 1 rings (SSSR count). The molecule has 8 nitrogen and oxygen atoms in total. The summed E-state index contributed by atoms with van der Waals surface area (Å²) in [6, 6.07) is 3.40. The van der Waals surface area contributed by atoms with Crippen molar-refractivity contribution >= 4 is 23.3 Å². The molecule has 1 atom stereocenters. The van der Waals surface area contributed by atoms with E-state index in [0.717, 1.165) is 12.8 Å². The zero-order valence-corrected chi connectivity index (χ0v) is 13.2. The highest BCUT2D eigenvalue weighted by Crippen LogP contribution is 2.25. The molecule has 1 aromatic rings. The summed E-state index contributed by atoms with van der Waals surface area (Å²) < 4.78 is 0. The fourth-order valence-corrected chi connectivity index (χ4v) is 1.98. The molecule has 0 aliphatic heterocycles. The van der Waals surface area contributed by atoms with Crippen LogP contribution in [0.15, 0.2) is 18.2 Å². The molecule has 0 aliphatic carbocycles. The summed E-state index contributed by atoms with van der Waals surface area (Å²) in [7, 11) is 0. The quantitative estimate of drug-likeness (QED) is 0.363. The highest BCUT2D eigenvalue weighted by Gasteiger charge is 2.22. The van der Waals surface area contributed by atoms with Crippen LogP contribution in [0.25, 0.3) is 0 Å². The van der Waals surface area contributed by atoms with Crippen LogP contribution < -0.4 is 10.6 Å². The van der Waals surface area contributed by atoms with Crippen LogP contribution in [0.5, 0.6) is 0 Å². The summed E-state index contributed by atoms with van der Waals surface area (Å²) in [5, 5.41) is 25.3. The van der Waals surface area contributed by atoms with Gasteiger partial charge in [0, 0.05) is 6.07 Å². The Hall–Kier alpha value is -2.48. The van der Waals surface area contributed by atoms with E-state index in [0.29, 0.717) is 12.1 Å². The van der Waals surface area contributed by atoms with Gasteiger partial charge >= 0.3 is 5.97 Å². The number of nitro benzene ring substituents is 1. The van der Waals surface area contributed by atoms with Gasteiger partial charge in [0.15, 0.2) is 0 Å². The van der Waals surface area contributed by atoms with Gasteiger partial charge in [-0.3, -0.25) is 19.7 Å². The van der Waals surface area contributed by atoms with E-state index in [1.165, 1.54) is 12.1 Å². The van der Waals surface area contributed by atoms with E-state index >= 15 is 0 Å². The first-order valence-corrected chi connectivity index (χ1v) is 7.36. The molecule has 0 heterocycles. The fraction of sp³-hybridized carbons (Fsp3) is 0.467. The Morgan fingerprint density at radius 1 is 1.39 bits per heavy atom. The van der Waals surface area contributed by atoms with Crippen molar-refractivity contribution in [2.75, 3.05) is 11.9 Å².